The molecule has 0 amide bonds. The lowest BCUT2D eigenvalue weighted by Gasteiger charge is -2.32. The Bertz CT molecular complexity index is 6400. The molecule has 0 saturated carbocycles. The molecule has 0 unspecified atom stereocenters. The van der Waals surface area contributed by atoms with E-state index in [1.165, 1.54) is 48.1 Å². The molecule has 0 atom stereocenters. The second-order valence-corrected chi connectivity index (χ2v) is 55.7. The molecule has 34 heteroatoms. The van der Waals surface area contributed by atoms with Crippen molar-refractivity contribution in [2.75, 3.05) is 25.0 Å². The van der Waals surface area contributed by atoms with Gasteiger partial charge in [0.1, 0.15) is 44.9 Å². The minimum Gasteiger partial charge on any atom is -0.508 e. The molecule has 7 aliphatic carbocycles. The highest BCUT2D eigenvalue weighted by Crippen LogP contribution is 2.46. The second-order valence-electron chi connectivity index (χ2n) is 40.4. The quantitative estimate of drug-likeness (QED) is 0.0486. The van der Waals surface area contributed by atoms with E-state index in [4.69, 9.17) is 38.7 Å². The molecule has 0 radical (unpaired) electrons. The van der Waals surface area contributed by atoms with Crippen molar-refractivity contribution in [2.24, 2.45) is 0 Å². The zero-order chi connectivity index (χ0) is 105. The van der Waals surface area contributed by atoms with Crippen LogP contribution in [-0.4, -0.2) is 124 Å². The summed E-state index contributed by atoms with van der Waals surface area (Å²) < 4.78 is 196. The van der Waals surface area contributed by atoms with Crippen molar-refractivity contribution in [3.63, 3.8) is 0 Å². The second kappa shape index (κ2) is 44.9. The molecule has 0 aliphatic heterocycles. The molecule has 19 nitrogen and oxygen atoms in total. The number of aromatic hydroxyl groups is 1. The number of phenolic OH excluding ortho intramolecular Hbond substituents is 1. The molecule has 750 valence electrons. The number of carbonyl (C=O) groups is 6. The first-order chi connectivity index (χ1) is 63.8. The van der Waals surface area contributed by atoms with Crippen molar-refractivity contribution in [3.8, 4) is 64.5 Å². The number of ketones is 6. The van der Waals surface area contributed by atoms with Crippen LogP contribution in [0.5, 0.6) is 28.7 Å². The zero-order valence-corrected chi connectivity index (χ0v) is 87.4. The summed E-state index contributed by atoms with van der Waals surface area (Å²) in [4.78, 5) is 73.2. The number of benzene rings is 7. The van der Waals surface area contributed by atoms with Crippen LogP contribution in [0.1, 0.15) is 291 Å². The van der Waals surface area contributed by atoms with Crippen LogP contribution in [0.3, 0.4) is 0 Å². The van der Waals surface area contributed by atoms with Crippen LogP contribution in [-0.2, 0) is 75.5 Å². The van der Waals surface area contributed by atoms with Gasteiger partial charge < -0.3 is 23.5 Å². The third-order valence-electron chi connectivity index (χ3n) is 24.6. The molecule has 15 rings (SSSR count). The molecule has 7 aliphatic rings. The van der Waals surface area contributed by atoms with Crippen LogP contribution < -0.4 is 22.1 Å². The third-order valence-corrected chi connectivity index (χ3v) is 31.2. The van der Waals surface area contributed by atoms with E-state index in [1.54, 1.807) is 39.5 Å². The lowest BCUT2D eigenvalue weighted by atomic mass is 9.72. The number of hydrogen-bond acceptors (Lipinski definition) is 18. The van der Waals surface area contributed by atoms with Crippen LogP contribution >= 0.6 is 11.6 Å². The molecule has 1 N–H and O–H groups in total. The van der Waals surface area contributed by atoms with Crippen LogP contribution in [0.15, 0.2) is 146 Å². The number of rotatable bonds is 8. The first-order valence-corrected chi connectivity index (χ1v) is 56.5. The number of pyridine rings is 1. The number of anilines is 1. The summed E-state index contributed by atoms with van der Waals surface area (Å²) in [5.41, 5.74) is 3.69. The van der Waals surface area contributed by atoms with Gasteiger partial charge in [-0.3, -0.25) is 28.8 Å². The van der Waals surface area contributed by atoms with E-state index in [-0.39, 0.29) is 73.2 Å². The molecule has 139 heavy (non-hydrogen) atoms. The fourth-order valence-electron chi connectivity index (χ4n) is 16.1. The number of aryl methyl sites for hydroxylation is 2. The van der Waals surface area contributed by atoms with E-state index < -0.39 is 83.5 Å². The van der Waals surface area contributed by atoms with Gasteiger partial charge in [-0.1, -0.05) is 158 Å². The number of terminal acetylenes is 2. The monoisotopic (exact) mass is 2040 g/mol. The number of halogens is 10. The number of phenols is 1. The smallest absolute Gasteiger partial charge is 0.508 e. The maximum atomic E-state index is 12.5. The Kier molecular flexibility index (Phi) is 37.2. The predicted molar refractivity (Wildman–Crippen MR) is 530 cm³/mol. The van der Waals surface area contributed by atoms with Gasteiger partial charge in [0.25, 0.3) is 0 Å². The standard InChI is InChI=1S/C17H22OSi.C14H14O.C13H13F3O4S.C13H16O2.C13H18O.C12H14O2.C11H12O2.C7H3ClF6N2O4S2.C5H10Si/c1-17(2)10-8-16(18)14-7-6-13(12-15(14)17)9-11-19(3,4)5;1-4-10-5-6-11-12(9-10)14(2,3)8-7-13(11)15;1-12(2)6-5-11(17)9-4-3-8(7-10(9)12)20-21(18,19)13(14,15)16;1-13(2)7-6-12(14)10-5-4-9(15-3)8-11(10)13;1-13(2)8-4-5-10-6-7-11(14-3)9-12(10)13;1-12(2)6-5-11(14)9-4-3-8(13)7-10(9)12;1-13-9-6-5-8-3-2-4-11(12)10(8)7-9;8-4-1-2-5(15-3-4)16(21(17,18)6(9,10)11)22(19,20)7(12,13)14;1-5-6(2,3)4/h6-7,12H,8,10H2,1-5H3;1,5-6,9H,7-8H2,2-3H3;3-4,7H,5-6H2,1-2H3;4-5,8H,6-7H2,1-3H3;6-7,9H,4-5,8H2,1-3H3;3-4,7,13H,5-6H2,1-2H3;5-7H,2-4H2,1H3;1-3H;1H,2-4H3. The highest BCUT2D eigenvalue weighted by molar-refractivity contribution is 8.11. The van der Waals surface area contributed by atoms with Gasteiger partial charge in [-0.05, 0) is 269 Å². The van der Waals surface area contributed by atoms with Crippen LogP contribution in [0, 0.1) is 35.8 Å². The van der Waals surface area contributed by atoms with E-state index in [2.05, 4.69) is 165 Å². The van der Waals surface area contributed by atoms with Gasteiger partial charge in [-0.25, -0.2) is 4.98 Å². The molecule has 1 aromatic heterocycles. The van der Waals surface area contributed by atoms with Gasteiger partial charge in [0.05, 0.1) is 26.4 Å². The van der Waals surface area contributed by atoms with E-state index in [0.29, 0.717) is 73.8 Å². The van der Waals surface area contributed by atoms with Gasteiger partial charge >= 0.3 is 46.7 Å². The molecule has 7 aromatic carbocycles. The Morgan fingerprint density at radius 3 is 1.12 bits per heavy atom. The van der Waals surface area contributed by atoms with Crippen molar-refractivity contribution < 1.29 is 117 Å². The summed E-state index contributed by atoms with van der Waals surface area (Å²) in [5.74, 6) is 7.75. The van der Waals surface area contributed by atoms with Gasteiger partial charge in [-0.2, -0.15) is 64.8 Å². The molecule has 0 saturated heterocycles. The van der Waals surface area contributed by atoms with Crippen molar-refractivity contribution in [2.45, 2.75) is 274 Å². The van der Waals surface area contributed by atoms with Gasteiger partial charge in [0.2, 0.25) is 0 Å². The molecule has 8 aromatic rings. The predicted octanol–water partition coefficient (Wildman–Crippen LogP) is 25.1. The van der Waals surface area contributed by atoms with Gasteiger partial charge in [-0.15, -0.1) is 27.6 Å². The Morgan fingerprint density at radius 1 is 0.388 bits per heavy atom. The summed E-state index contributed by atoms with van der Waals surface area (Å²) in [6, 6.07) is 39.3. The average Bonchev–Trinajstić information content (AvgIpc) is 0.735. The number of carbonyl (C=O) groups excluding carboxylic acids is 6. The van der Waals surface area contributed by atoms with E-state index in [0.717, 1.165) is 123 Å². The first-order valence-electron chi connectivity index (χ1n) is 44.9. The molecule has 0 fully saturated rings. The number of ether oxygens (including phenoxy) is 3. The van der Waals surface area contributed by atoms with E-state index in [1.807, 2.05) is 80.6 Å². The highest BCUT2D eigenvalue weighted by atomic mass is 35.5. The number of aromatic nitrogens is 1. The maximum absolute atomic E-state index is 12.5. The van der Waals surface area contributed by atoms with Crippen molar-refractivity contribution in [1.82, 2.24) is 4.98 Å². The number of methoxy groups -OCH3 is 3. The van der Waals surface area contributed by atoms with Gasteiger partial charge in [0.15, 0.2) is 40.5 Å². The maximum Gasteiger partial charge on any atom is 0.534 e. The highest BCUT2D eigenvalue weighted by Gasteiger charge is 2.62. The van der Waals surface area contributed by atoms with Crippen LogP contribution in [0.25, 0.3) is 0 Å². The Hall–Kier alpha value is -10.9. The summed E-state index contributed by atoms with van der Waals surface area (Å²) >= 11 is 5.30. The minimum atomic E-state index is -6.93. The van der Waals surface area contributed by atoms with Crippen LogP contribution in [0.2, 0.25) is 44.3 Å². The number of fused-ring (bicyclic) bond motifs is 7. The van der Waals surface area contributed by atoms with Gasteiger partial charge in [0, 0.05) is 89.2 Å². The number of hydrogen-bond donors (Lipinski definition) is 1. The first kappa shape index (κ1) is 115. The fraction of sp³-hybridized carbons (Fsp3) is 0.438. The number of nitrogens with zero attached hydrogens (tertiary/aromatic N) is 2. The summed E-state index contributed by atoms with van der Waals surface area (Å²) in [7, 11) is -17.0. The fourth-order valence-corrected chi connectivity index (χ4v) is 19.8. The van der Waals surface area contributed by atoms with E-state index >= 15 is 0 Å². The largest absolute Gasteiger partial charge is 0.534 e. The minimum absolute atomic E-state index is 0.00197. The summed E-state index contributed by atoms with van der Waals surface area (Å²) in [6.45, 7) is 38.8. The molecule has 0 bridgehead atoms. The number of sulfonamides is 2. The van der Waals surface area contributed by atoms with E-state index in [9.17, 15) is 98.6 Å². The van der Waals surface area contributed by atoms with Crippen molar-refractivity contribution in [3.05, 3.63) is 240 Å². The average molecular weight is 2040 g/mol. The lowest BCUT2D eigenvalue weighted by Crippen LogP contribution is -2.49. The topological polar surface area (TPSA) is 278 Å². The SMILES string of the molecule is C#C[Si](C)(C)C.C#Cc1ccc2c(c1)C(C)(C)CCC2=O.CC1(C)CCC(=O)c2ccc(C#C[Si](C)(C)C)cc21.CC1(C)CCC(=O)c2ccc(O)cc21.CC1(C)CCC(=O)c2ccc(OS(=O)(=O)C(F)(F)F)cc21.COc1ccc2c(c1)C(=O)CCC2.COc1ccc2c(c1)C(C)(C)CCC2.COc1ccc2c(c1)C(C)(C)CCC2=O.O=S(=O)(N(c1ccc(Cl)cn1)S(=O)(=O)C(F)(F)F)C(F)(F)F. The number of Topliss-reactive ketones (excluding diaryl/α,β-unsaturated/α-hetero) is 6. The number of alkyl halides is 9. The summed E-state index contributed by atoms with van der Waals surface area (Å²) in [5, 5.41) is 9.12. The van der Waals surface area contributed by atoms with Crippen LogP contribution in [0.4, 0.5) is 45.3 Å². The van der Waals surface area contributed by atoms with Crippen molar-refractivity contribution >= 4 is 98.4 Å². The van der Waals surface area contributed by atoms with Crippen molar-refractivity contribution in [1.29, 1.82) is 0 Å². The molecular formula is C105H122ClF9N2O17S3Si2. The summed E-state index contributed by atoms with van der Waals surface area (Å²) in [6.07, 6.45) is 24.6. The lowest BCUT2D eigenvalue weighted by molar-refractivity contribution is -0.0501. The Labute approximate surface area is 818 Å². The zero-order valence-electron chi connectivity index (χ0n) is 82.2. The molecule has 1 heterocycles. The normalized spacial score (nSPS) is 17.0. The third kappa shape index (κ3) is 29.9. The molecular weight excluding hydrogens is 1920 g/mol. The Morgan fingerprint density at radius 2 is 0.727 bits per heavy atom. The Balaban J connectivity index is 0.000000215. The molecule has 0 spiro atoms.